The fourth-order valence-electron chi connectivity index (χ4n) is 4.55. The summed E-state index contributed by atoms with van der Waals surface area (Å²) < 4.78 is 2.70. The monoisotopic (exact) mass is 465 g/mol. The summed E-state index contributed by atoms with van der Waals surface area (Å²) in [6.45, 7) is 9.60. The van der Waals surface area contributed by atoms with Crippen LogP contribution in [0.1, 0.15) is 103 Å². The normalized spacial score (nSPS) is 16.3. The fraction of sp³-hybridized carbons (Fsp3) is 0.731. The van der Waals surface area contributed by atoms with Crippen molar-refractivity contribution in [2.75, 3.05) is 19.6 Å². The van der Waals surface area contributed by atoms with Crippen molar-refractivity contribution in [2.24, 2.45) is 0 Å². The van der Waals surface area contributed by atoms with Gasteiger partial charge in [0, 0.05) is 5.56 Å². The van der Waals surface area contributed by atoms with Crippen molar-refractivity contribution >= 4 is 5.84 Å². The Morgan fingerprint density at radius 3 is 2.00 bits per heavy atom. The van der Waals surface area contributed by atoms with Gasteiger partial charge in [-0.1, -0.05) is 102 Å². The fourth-order valence-corrected chi connectivity index (χ4v) is 4.55. The molecule has 0 fully saturated rings. The molecule has 29 heavy (non-hydrogen) atoms. The van der Waals surface area contributed by atoms with E-state index >= 15 is 0 Å². The maximum Gasteiger partial charge on any atom is 0.337 e. The molecule has 0 aliphatic carbocycles. The summed E-state index contributed by atoms with van der Waals surface area (Å²) in [5.74, 6) is 1.71. The topological polar surface area (TPSA) is 7.45 Å². The lowest BCUT2D eigenvalue weighted by Crippen LogP contribution is -3.13. The van der Waals surface area contributed by atoms with Crippen LogP contribution in [-0.2, 0) is 6.54 Å². The number of halogens is 1. The molecule has 1 unspecified atom stereocenters. The van der Waals surface area contributed by atoms with E-state index in [1.807, 2.05) is 0 Å². The van der Waals surface area contributed by atoms with Crippen molar-refractivity contribution in [3.63, 3.8) is 0 Å². The van der Waals surface area contributed by atoms with E-state index in [1.165, 1.54) is 109 Å². The number of unbranched alkanes of at least 4 members (excludes halogenated alkanes) is 10. The van der Waals surface area contributed by atoms with Gasteiger partial charge < -0.3 is 17.0 Å². The zero-order chi connectivity index (χ0) is 19.9. The van der Waals surface area contributed by atoms with E-state index in [0.717, 1.165) is 6.54 Å². The van der Waals surface area contributed by atoms with Crippen LogP contribution in [0, 0.1) is 0 Å². The average Bonchev–Trinajstić information content (AvgIpc) is 3.09. The third-order valence-corrected chi connectivity index (χ3v) is 6.29. The molecule has 1 aromatic carbocycles. The van der Waals surface area contributed by atoms with Gasteiger partial charge in [0.2, 0.25) is 0 Å². The first kappa shape index (κ1) is 26.4. The molecular formula is C26H46BrN2+. The second kappa shape index (κ2) is 17.1. The van der Waals surface area contributed by atoms with Gasteiger partial charge in [0.05, 0.1) is 13.0 Å². The number of benzene rings is 1. The van der Waals surface area contributed by atoms with Crippen LogP contribution in [0.2, 0.25) is 0 Å². The number of nitrogens with zero attached hydrogens (tertiary/aromatic N) is 1. The highest BCUT2D eigenvalue weighted by Gasteiger charge is 2.34. The standard InChI is InChI=1S/C26H45N2.BrH/c1-3-5-7-8-9-10-11-12-16-20-26-27(21-17-6-4-2)22-23-28(26)24-25-18-14-13-15-19-25;/h13-15,18-19H,3-12,16-17,20-24H2,1-2H3;1H/q+1;. The van der Waals surface area contributed by atoms with Crippen LogP contribution < -0.4 is 21.9 Å². The Morgan fingerprint density at radius 2 is 1.34 bits per heavy atom. The summed E-state index contributed by atoms with van der Waals surface area (Å²) in [5.41, 5.74) is 1.46. The molecule has 0 radical (unpaired) electrons. The van der Waals surface area contributed by atoms with E-state index in [0.29, 0.717) is 0 Å². The van der Waals surface area contributed by atoms with Gasteiger partial charge in [-0.15, -0.1) is 0 Å². The number of nitrogens with one attached hydrogen (secondary N) is 1. The highest BCUT2D eigenvalue weighted by molar-refractivity contribution is 5.68. The molecule has 1 N–H and O–H groups in total. The lowest BCUT2D eigenvalue weighted by Gasteiger charge is -2.11. The lowest BCUT2D eigenvalue weighted by molar-refractivity contribution is -0.803. The summed E-state index contributed by atoms with van der Waals surface area (Å²) in [5, 5.41) is 0. The molecule has 0 saturated heterocycles. The molecule has 1 aliphatic heterocycles. The molecule has 166 valence electrons. The van der Waals surface area contributed by atoms with Gasteiger partial charge in [-0.05, 0) is 19.3 Å². The summed E-state index contributed by atoms with van der Waals surface area (Å²) in [4.78, 5) is 1.78. The summed E-state index contributed by atoms with van der Waals surface area (Å²) in [6, 6.07) is 11.0. The lowest BCUT2D eigenvalue weighted by atomic mass is 10.1. The Morgan fingerprint density at radius 1 is 0.759 bits per heavy atom. The van der Waals surface area contributed by atoms with Gasteiger partial charge in [0.1, 0.15) is 6.54 Å². The predicted molar refractivity (Wildman–Crippen MR) is 122 cm³/mol. The van der Waals surface area contributed by atoms with E-state index in [9.17, 15) is 0 Å². The Hall–Kier alpha value is -0.670. The van der Waals surface area contributed by atoms with E-state index < -0.39 is 0 Å². The number of rotatable bonds is 16. The van der Waals surface area contributed by atoms with Crippen molar-refractivity contribution in [1.82, 2.24) is 0 Å². The van der Waals surface area contributed by atoms with Crippen LogP contribution in [0.4, 0.5) is 0 Å². The first-order valence-electron chi connectivity index (χ1n) is 12.3. The van der Waals surface area contributed by atoms with E-state index in [1.54, 1.807) is 10.7 Å². The third-order valence-electron chi connectivity index (χ3n) is 6.29. The Bertz CT molecular complexity index is 541. The Kier molecular flexibility index (Phi) is 15.5. The molecule has 0 bridgehead atoms. The quantitative estimate of drug-likeness (QED) is 0.283. The predicted octanol–water partition coefficient (Wildman–Crippen LogP) is 2.61. The van der Waals surface area contributed by atoms with Gasteiger partial charge in [0.15, 0.2) is 13.1 Å². The molecular weight excluding hydrogens is 420 g/mol. The minimum Gasteiger partial charge on any atom is -1.00 e. The van der Waals surface area contributed by atoms with Gasteiger partial charge in [0.25, 0.3) is 0 Å². The van der Waals surface area contributed by atoms with Gasteiger partial charge in [-0.25, -0.2) is 4.90 Å². The second-order valence-electron chi connectivity index (χ2n) is 8.74. The van der Waals surface area contributed by atoms with E-state index in [2.05, 4.69) is 48.8 Å². The molecule has 1 heterocycles. The van der Waals surface area contributed by atoms with Crippen LogP contribution in [0.5, 0.6) is 0 Å². The maximum absolute atomic E-state index is 2.70. The van der Waals surface area contributed by atoms with Crippen molar-refractivity contribution in [1.29, 1.82) is 0 Å². The van der Waals surface area contributed by atoms with Crippen LogP contribution in [0.3, 0.4) is 0 Å². The van der Waals surface area contributed by atoms with Crippen molar-refractivity contribution in [2.45, 2.75) is 104 Å². The minimum atomic E-state index is 0. The number of quaternary nitrogens is 1. The summed E-state index contributed by atoms with van der Waals surface area (Å²) in [7, 11) is 0. The van der Waals surface area contributed by atoms with E-state index in [-0.39, 0.29) is 17.0 Å². The highest BCUT2D eigenvalue weighted by Crippen LogP contribution is 2.11. The SMILES string of the molecule is CCCCCCCCCCCC1=[N+](Cc2ccccc2)CC[NH+]1CCCCC.[Br-]. The van der Waals surface area contributed by atoms with Gasteiger partial charge in [-0.3, -0.25) is 0 Å². The molecule has 0 saturated carbocycles. The second-order valence-corrected chi connectivity index (χ2v) is 8.74. The number of amidine groups is 1. The van der Waals surface area contributed by atoms with Gasteiger partial charge >= 0.3 is 5.84 Å². The first-order chi connectivity index (χ1) is 13.8. The molecule has 0 aromatic heterocycles. The summed E-state index contributed by atoms with van der Waals surface area (Å²) >= 11 is 0. The zero-order valence-electron chi connectivity index (χ0n) is 19.2. The smallest absolute Gasteiger partial charge is 0.337 e. The molecule has 1 aliphatic rings. The summed E-state index contributed by atoms with van der Waals surface area (Å²) in [6.07, 6.45) is 18.2. The zero-order valence-corrected chi connectivity index (χ0v) is 20.8. The Balaban J connectivity index is 0.00000420. The highest BCUT2D eigenvalue weighted by atomic mass is 79.9. The first-order valence-corrected chi connectivity index (χ1v) is 12.3. The molecule has 0 amide bonds. The average molecular weight is 467 g/mol. The molecule has 1 aromatic rings. The van der Waals surface area contributed by atoms with Gasteiger partial charge in [-0.2, -0.15) is 4.58 Å². The van der Waals surface area contributed by atoms with Crippen LogP contribution in [0.25, 0.3) is 0 Å². The molecule has 2 rings (SSSR count). The Labute approximate surface area is 191 Å². The van der Waals surface area contributed by atoms with Crippen molar-refractivity contribution < 1.29 is 26.5 Å². The largest absolute Gasteiger partial charge is 1.00 e. The van der Waals surface area contributed by atoms with Crippen molar-refractivity contribution in [3.8, 4) is 0 Å². The maximum atomic E-state index is 2.70. The van der Waals surface area contributed by atoms with Crippen molar-refractivity contribution in [3.05, 3.63) is 35.9 Å². The number of hydrogen-bond acceptors (Lipinski definition) is 0. The minimum absolute atomic E-state index is 0. The molecule has 3 heteroatoms. The van der Waals surface area contributed by atoms with Crippen LogP contribution in [-0.4, -0.2) is 30.0 Å². The van der Waals surface area contributed by atoms with Crippen LogP contribution in [0.15, 0.2) is 30.3 Å². The van der Waals surface area contributed by atoms with Crippen LogP contribution >= 0.6 is 0 Å². The molecule has 2 nitrogen and oxygen atoms in total. The third kappa shape index (κ3) is 10.8. The van der Waals surface area contributed by atoms with E-state index in [4.69, 9.17) is 0 Å². The number of hydrogen-bond donors (Lipinski definition) is 1. The molecule has 0 spiro atoms. The molecule has 1 atom stereocenters.